The van der Waals surface area contributed by atoms with Crippen molar-refractivity contribution in [3.05, 3.63) is 134 Å². The number of nitrogens with two attached hydrogens (primary N) is 1. The first-order valence-electron chi connectivity index (χ1n) is 11.3. The van der Waals surface area contributed by atoms with E-state index in [1.54, 1.807) is 0 Å². The molecule has 3 aromatic rings. The molecule has 0 saturated carbocycles. The molecule has 0 bridgehead atoms. The average Bonchev–Trinajstić information content (AvgIpc) is 2.86. The van der Waals surface area contributed by atoms with Crippen LogP contribution in [0, 0.1) is 11.3 Å². The van der Waals surface area contributed by atoms with Crippen molar-refractivity contribution in [3.63, 3.8) is 0 Å². The second-order valence-electron chi connectivity index (χ2n) is 8.68. The average molecular weight is 500 g/mol. The number of hydrogen-bond acceptors (Lipinski definition) is 4. The molecule has 2 heterocycles. The largest absolute Gasteiger partial charge is 0.440 e. The van der Waals surface area contributed by atoms with E-state index in [1.807, 2.05) is 66.7 Å². The number of nitrogens with zero attached hydrogens (tertiary/aromatic N) is 2. The number of ether oxygens (including phenoxy) is 1. The van der Waals surface area contributed by atoms with E-state index in [0.29, 0.717) is 28.7 Å². The highest BCUT2D eigenvalue weighted by Crippen LogP contribution is 2.44. The van der Waals surface area contributed by atoms with Crippen LogP contribution >= 0.6 is 23.2 Å². The highest BCUT2D eigenvalue weighted by Gasteiger charge is 2.37. The molecule has 0 spiro atoms. The summed E-state index contributed by atoms with van der Waals surface area (Å²) < 4.78 is 6.14. The fourth-order valence-corrected chi connectivity index (χ4v) is 4.94. The number of allylic oxidation sites excluding steroid dienone is 1. The van der Waals surface area contributed by atoms with Crippen molar-refractivity contribution >= 4 is 29.3 Å². The van der Waals surface area contributed by atoms with E-state index in [0.717, 1.165) is 34.6 Å². The van der Waals surface area contributed by atoms with Crippen LogP contribution < -0.4 is 5.73 Å². The summed E-state index contributed by atoms with van der Waals surface area (Å²) in [5, 5.41) is 11.3. The lowest BCUT2D eigenvalue weighted by molar-refractivity contribution is 0.230. The van der Waals surface area contributed by atoms with Gasteiger partial charge in [0.1, 0.15) is 17.4 Å². The molecule has 35 heavy (non-hydrogen) atoms. The van der Waals surface area contributed by atoms with Gasteiger partial charge < -0.3 is 10.5 Å². The minimum Gasteiger partial charge on any atom is -0.440 e. The van der Waals surface area contributed by atoms with Crippen LogP contribution in [0.1, 0.15) is 22.6 Å². The van der Waals surface area contributed by atoms with Crippen molar-refractivity contribution in [3.8, 4) is 6.07 Å². The zero-order chi connectivity index (χ0) is 24.4. The first kappa shape index (κ1) is 23.3. The van der Waals surface area contributed by atoms with E-state index in [9.17, 15) is 5.26 Å². The van der Waals surface area contributed by atoms with Crippen molar-refractivity contribution in [2.75, 3.05) is 13.1 Å². The molecule has 0 saturated heterocycles. The van der Waals surface area contributed by atoms with Gasteiger partial charge in [-0.2, -0.15) is 5.26 Å². The lowest BCUT2D eigenvalue weighted by atomic mass is 9.80. The summed E-state index contributed by atoms with van der Waals surface area (Å²) in [7, 11) is 0. The summed E-state index contributed by atoms with van der Waals surface area (Å²) >= 11 is 12.3. The van der Waals surface area contributed by atoms with Gasteiger partial charge in [-0.25, -0.2) is 0 Å². The van der Waals surface area contributed by atoms with E-state index in [-0.39, 0.29) is 11.8 Å². The maximum Gasteiger partial charge on any atom is 0.205 e. The Labute approximate surface area is 215 Å². The Hall–Kier alpha value is -3.49. The van der Waals surface area contributed by atoms with Crippen LogP contribution in [-0.4, -0.2) is 18.0 Å². The molecule has 0 amide bonds. The lowest BCUT2D eigenvalue weighted by Crippen LogP contribution is -2.37. The number of halogens is 2. The van der Waals surface area contributed by atoms with E-state index >= 15 is 0 Å². The molecule has 0 radical (unpaired) electrons. The van der Waals surface area contributed by atoms with Gasteiger partial charge in [-0.1, -0.05) is 77.8 Å². The molecule has 0 fully saturated rings. The van der Waals surface area contributed by atoms with Gasteiger partial charge in [0, 0.05) is 35.3 Å². The first-order valence-corrected chi connectivity index (χ1v) is 12.1. The zero-order valence-corrected chi connectivity index (χ0v) is 20.4. The quantitative estimate of drug-likeness (QED) is 0.436. The van der Waals surface area contributed by atoms with Gasteiger partial charge in [0.25, 0.3) is 0 Å². The molecule has 2 aliphatic heterocycles. The summed E-state index contributed by atoms with van der Waals surface area (Å²) in [5.74, 6) is 0.568. The van der Waals surface area contributed by atoms with E-state index in [1.165, 1.54) is 5.56 Å². The summed E-state index contributed by atoms with van der Waals surface area (Å²) in [6.45, 7) is 2.09. The van der Waals surface area contributed by atoms with Crippen molar-refractivity contribution in [2.45, 2.75) is 12.5 Å². The Kier molecular flexibility index (Phi) is 6.66. The fraction of sp³-hybridized carbons (Fsp3) is 0.138. The third kappa shape index (κ3) is 4.99. The SMILES string of the molecule is N#CC1=C(N)OC2=C(CN(Cc3ccccc3)C/C2=C\c2ccc(Cl)cc2)C1c1ccc(Cl)cc1. The van der Waals surface area contributed by atoms with Crippen LogP contribution in [0.3, 0.4) is 0 Å². The highest BCUT2D eigenvalue weighted by molar-refractivity contribution is 6.30. The van der Waals surface area contributed by atoms with Crippen LogP contribution in [-0.2, 0) is 11.3 Å². The Morgan fingerprint density at radius 2 is 1.60 bits per heavy atom. The van der Waals surface area contributed by atoms with E-state index < -0.39 is 0 Å². The van der Waals surface area contributed by atoms with Crippen molar-refractivity contribution in [1.29, 1.82) is 5.26 Å². The number of hydrogen-bond donors (Lipinski definition) is 1. The minimum absolute atomic E-state index is 0.143. The summed E-state index contributed by atoms with van der Waals surface area (Å²) in [5.41, 5.74) is 11.9. The third-order valence-corrected chi connectivity index (χ3v) is 6.77. The van der Waals surface area contributed by atoms with Crippen molar-refractivity contribution in [2.24, 2.45) is 5.73 Å². The normalized spacial score (nSPS) is 19.3. The molecule has 2 aliphatic rings. The topological polar surface area (TPSA) is 62.3 Å². The molecular weight excluding hydrogens is 477 g/mol. The molecule has 1 unspecified atom stereocenters. The lowest BCUT2D eigenvalue weighted by Gasteiger charge is -2.38. The van der Waals surface area contributed by atoms with Gasteiger partial charge in [-0.3, -0.25) is 4.90 Å². The monoisotopic (exact) mass is 499 g/mol. The van der Waals surface area contributed by atoms with Crippen LogP contribution in [0.5, 0.6) is 0 Å². The van der Waals surface area contributed by atoms with Gasteiger partial charge in [0.15, 0.2) is 0 Å². The molecule has 3 aromatic carbocycles. The standard InChI is InChI=1S/C29H23Cl2N3O/c30-23-10-6-19(7-11-23)14-22-17-34(16-20-4-2-1-3-5-20)18-26-27(21-8-12-24(31)13-9-21)25(15-32)29(33)35-28(22)26/h1-14,27H,16-18,33H2/b22-14+. The van der Waals surface area contributed by atoms with Gasteiger partial charge in [0.2, 0.25) is 5.88 Å². The molecule has 4 nitrogen and oxygen atoms in total. The van der Waals surface area contributed by atoms with Gasteiger partial charge in [-0.15, -0.1) is 0 Å². The Morgan fingerprint density at radius 3 is 2.26 bits per heavy atom. The van der Waals surface area contributed by atoms with Gasteiger partial charge >= 0.3 is 0 Å². The van der Waals surface area contributed by atoms with Crippen LogP contribution in [0.2, 0.25) is 10.0 Å². The molecule has 0 aromatic heterocycles. The van der Waals surface area contributed by atoms with Crippen LogP contribution in [0.15, 0.2) is 107 Å². The first-order chi connectivity index (χ1) is 17.0. The Bertz CT molecular complexity index is 1370. The number of nitriles is 1. The highest BCUT2D eigenvalue weighted by atomic mass is 35.5. The fourth-order valence-electron chi connectivity index (χ4n) is 4.69. The van der Waals surface area contributed by atoms with Crippen LogP contribution in [0.25, 0.3) is 6.08 Å². The maximum absolute atomic E-state index is 10.0. The predicted molar refractivity (Wildman–Crippen MR) is 140 cm³/mol. The van der Waals surface area contributed by atoms with Crippen LogP contribution in [0.4, 0.5) is 0 Å². The second kappa shape index (κ2) is 10.0. The molecular formula is C29H23Cl2N3O. The second-order valence-corrected chi connectivity index (χ2v) is 9.56. The van der Waals surface area contributed by atoms with Crippen molar-refractivity contribution in [1.82, 2.24) is 4.90 Å². The molecule has 5 rings (SSSR count). The summed E-state index contributed by atoms with van der Waals surface area (Å²) in [6, 6.07) is 27.9. The maximum atomic E-state index is 10.0. The smallest absolute Gasteiger partial charge is 0.205 e. The van der Waals surface area contributed by atoms with E-state index in [4.69, 9.17) is 33.7 Å². The number of benzene rings is 3. The Morgan fingerprint density at radius 1 is 0.943 bits per heavy atom. The molecule has 6 heteroatoms. The molecule has 1 atom stereocenters. The molecule has 174 valence electrons. The Balaban J connectivity index is 1.62. The predicted octanol–water partition coefficient (Wildman–Crippen LogP) is 6.65. The summed E-state index contributed by atoms with van der Waals surface area (Å²) in [4.78, 5) is 2.36. The van der Waals surface area contributed by atoms with Crippen molar-refractivity contribution < 1.29 is 4.74 Å². The summed E-state index contributed by atoms with van der Waals surface area (Å²) in [6.07, 6.45) is 2.10. The zero-order valence-electron chi connectivity index (χ0n) is 18.9. The van der Waals surface area contributed by atoms with Gasteiger partial charge in [-0.05, 0) is 52.6 Å². The molecule has 2 N–H and O–H groups in total. The minimum atomic E-state index is -0.312. The molecule has 0 aliphatic carbocycles. The van der Waals surface area contributed by atoms with E-state index in [2.05, 4.69) is 29.2 Å². The third-order valence-electron chi connectivity index (χ3n) is 6.27. The van der Waals surface area contributed by atoms with Gasteiger partial charge in [0.05, 0.1) is 5.92 Å². The number of rotatable bonds is 4.